The summed E-state index contributed by atoms with van der Waals surface area (Å²) in [6.45, 7) is 2.18. The molecule has 0 N–H and O–H groups in total. The summed E-state index contributed by atoms with van der Waals surface area (Å²) in [4.78, 5) is 8.94. The van der Waals surface area contributed by atoms with Crippen molar-refractivity contribution >= 4 is 5.71 Å². The van der Waals surface area contributed by atoms with Gasteiger partial charge in [-0.05, 0) is 65.6 Å². The van der Waals surface area contributed by atoms with E-state index in [4.69, 9.17) is 4.99 Å². The third kappa shape index (κ3) is 4.04. The molecular weight excluding hydrogens is 390 g/mol. The van der Waals surface area contributed by atoms with Crippen molar-refractivity contribution in [3.8, 4) is 11.1 Å². The van der Waals surface area contributed by atoms with E-state index in [1.54, 1.807) is 0 Å². The molecule has 1 aliphatic carbocycles. The van der Waals surface area contributed by atoms with Crippen molar-refractivity contribution in [2.24, 2.45) is 4.99 Å². The molecule has 1 aliphatic heterocycles. The number of hydrogen-bond donors (Lipinski definition) is 0. The van der Waals surface area contributed by atoms with Crippen molar-refractivity contribution in [1.82, 2.24) is 4.98 Å². The van der Waals surface area contributed by atoms with Crippen LogP contribution in [0.25, 0.3) is 11.1 Å². The Morgan fingerprint density at radius 2 is 1.65 bits per heavy atom. The van der Waals surface area contributed by atoms with Crippen LogP contribution in [0.2, 0.25) is 0 Å². The summed E-state index contributed by atoms with van der Waals surface area (Å²) < 4.78 is 27.5. The normalized spacial score (nSPS) is 16.5. The molecule has 5 rings (SSSR count). The maximum Gasteiger partial charge on any atom is 0.147 e. The topological polar surface area (TPSA) is 25.2 Å². The Bertz CT molecular complexity index is 1140. The molecule has 1 spiro atoms. The molecule has 2 aliphatic rings. The fourth-order valence-electron chi connectivity index (χ4n) is 4.67. The smallest absolute Gasteiger partial charge is 0.147 e. The molecule has 1 fully saturated rings. The molecule has 0 amide bonds. The van der Waals surface area contributed by atoms with Crippen molar-refractivity contribution in [3.05, 3.63) is 88.7 Å². The van der Waals surface area contributed by atoms with Crippen LogP contribution in [-0.4, -0.2) is 16.2 Å². The lowest BCUT2D eigenvalue weighted by atomic mass is 9.68. The Labute approximate surface area is 182 Å². The van der Waals surface area contributed by atoms with Crippen LogP contribution in [0.3, 0.4) is 0 Å². The first-order valence-corrected chi connectivity index (χ1v) is 11.2. The van der Waals surface area contributed by atoms with Crippen LogP contribution in [0, 0.1) is 11.6 Å². The minimum atomic E-state index is -0.655. The van der Waals surface area contributed by atoms with E-state index in [9.17, 15) is 8.78 Å². The van der Waals surface area contributed by atoms with Crippen molar-refractivity contribution in [3.63, 3.8) is 0 Å². The third-order valence-electron chi connectivity index (χ3n) is 6.56. The first kappa shape index (κ1) is 20.0. The number of aliphatic imine (C=N–C) groups is 1. The van der Waals surface area contributed by atoms with Crippen LogP contribution in [0.5, 0.6) is 0 Å². The van der Waals surface area contributed by atoms with Crippen LogP contribution < -0.4 is 0 Å². The van der Waals surface area contributed by atoms with Gasteiger partial charge in [0, 0.05) is 24.6 Å². The maximum absolute atomic E-state index is 14.2. The van der Waals surface area contributed by atoms with Gasteiger partial charge in [-0.3, -0.25) is 9.98 Å². The summed E-state index contributed by atoms with van der Waals surface area (Å²) in [5.41, 5.74) is 7.20. The maximum atomic E-state index is 14.2. The lowest BCUT2D eigenvalue weighted by Gasteiger charge is -2.46. The minimum Gasteiger partial charge on any atom is -0.282 e. The molecule has 1 saturated carbocycles. The summed E-state index contributed by atoms with van der Waals surface area (Å²) in [5.74, 6) is -1.26. The highest BCUT2D eigenvalue weighted by molar-refractivity contribution is 6.06. The quantitative estimate of drug-likeness (QED) is 0.440. The average molecular weight is 417 g/mol. The van der Waals surface area contributed by atoms with Gasteiger partial charge in [0.25, 0.3) is 0 Å². The Kier molecular flexibility index (Phi) is 5.17. The fraction of sp³-hybridized carbons (Fsp3) is 0.333. The minimum absolute atomic E-state index is 0.192. The molecule has 158 valence electrons. The van der Waals surface area contributed by atoms with E-state index in [0.29, 0.717) is 6.42 Å². The largest absolute Gasteiger partial charge is 0.282 e. The molecule has 2 aromatic carbocycles. The number of nitrogens with zero attached hydrogens (tertiary/aromatic N) is 2. The van der Waals surface area contributed by atoms with Gasteiger partial charge in [-0.1, -0.05) is 43.7 Å². The van der Waals surface area contributed by atoms with Crippen LogP contribution in [0.1, 0.15) is 61.4 Å². The Balaban J connectivity index is 1.51. The molecular formula is C27H26F2N2. The molecule has 31 heavy (non-hydrogen) atoms. The standard InChI is InChI=1S/C27H26F2N2/c1-2-4-18-5-7-20(8-6-18)21-11-19(13-25-24(29)15-23(28)17-30-25)12-22(14-21)26-16-27(31-26)9-3-10-27/h5-8,11-12,14-15,17H,2-4,9-10,13,16H2,1H3. The van der Waals surface area contributed by atoms with Crippen molar-refractivity contribution < 1.29 is 8.78 Å². The summed E-state index contributed by atoms with van der Waals surface area (Å²) in [6, 6.07) is 15.9. The molecule has 2 heterocycles. The summed E-state index contributed by atoms with van der Waals surface area (Å²) in [6.07, 6.45) is 8.25. The highest BCUT2D eigenvalue weighted by atomic mass is 19.1. The van der Waals surface area contributed by atoms with Gasteiger partial charge in [-0.15, -0.1) is 0 Å². The zero-order valence-corrected chi connectivity index (χ0v) is 17.8. The number of benzene rings is 2. The Morgan fingerprint density at radius 3 is 2.29 bits per heavy atom. The van der Waals surface area contributed by atoms with E-state index in [0.717, 1.165) is 59.5 Å². The SMILES string of the molecule is CCCc1ccc(-c2cc(Cc3ncc(F)cc3F)cc(C3=NC4(CCC4)C3)c2)cc1. The molecule has 0 unspecified atom stereocenters. The second-order valence-corrected chi connectivity index (χ2v) is 8.94. The first-order chi connectivity index (χ1) is 15.0. The molecule has 2 nitrogen and oxygen atoms in total. The number of rotatable bonds is 6. The van der Waals surface area contributed by atoms with E-state index in [1.807, 2.05) is 0 Å². The van der Waals surface area contributed by atoms with Crippen LogP contribution >= 0.6 is 0 Å². The van der Waals surface area contributed by atoms with Gasteiger partial charge < -0.3 is 0 Å². The van der Waals surface area contributed by atoms with Gasteiger partial charge in [-0.2, -0.15) is 0 Å². The lowest BCUT2D eigenvalue weighted by molar-refractivity contribution is 0.237. The third-order valence-corrected chi connectivity index (χ3v) is 6.56. The average Bonchev–Trinajstić information content (AvgIpc) is 2.69. The summed E-state index contributed by atoms with van der Waals surface area (Å²) in [5, 5.41) is 0. The van der Waals surface area contributed by atoms with E-state index in [-0.39, 0.29) is 11.2 Å². The van der Waals surface area contributed by atoms with Crippen molar-refractivity contribution in [2.45, 2.75) is 57.4 Å². The molecule has 3 aromatic rings. The predicted molar refractivity (Wildman–Crippen MR) is 121 cm³/mol. The predicted octanol–water partition coefficient (Wildman–Crippen LogP) is 6.69. The Morgan fingerprint density at radius 1 is 0.903 bits per heavy atom. The monoisotopic (exact) mass is 416 g/mol. The van der Waals surface area contributed by atoms with Gasteiger partial charge in [-0.25, -0.2) is 8.78 Å². The molecule has 4 heteroatoms. The molecule has 0 radical (unpaired) electrons. The highest BCUT2D eigenvalue weighted by Crippen LogP contribution is 2.46. The molecule has 0 atom stereocenters. The molecule has 0 saturated heterocycles. The highest BCUT2D eigenvalue weighted by Gasteiger charge is 2.44. The van der Waals surface area contributed by atoms with Crippen LogP contribution in [-0.2, 0) is 12.8 Å². The Hall–Kier alpha value is -2.88. The zero-order valence-electron chi connectivity index (χ0n) is 17.8. The number of aryl methyl sites for hydroxylation is 1. The van der Waals surface area contributed by atoms with Crippen molar-refractivity contribution in [2.75, 3.05) is 0 Å². The van der Waals surface area contributed by atoms with Gasteiger partial charge in [0.05, 0.1) is 17.4 Å². The van der Waals surface area contributed by atoms with Crippen LogP contribution in [0.4, 0.5) is 8.78 Å². The summed E-state index contributed by atoms with van der Waals surface area (Å²) in [7, 11) is 0. The number of halogens is 2. The van der Waals surface area contributed by atoms with Gasteiger partial charge in [0.1, 0.15) is 11.6 Å². The summed E-state index contributed by atoms with van der Waals surface area (Å²) >= 11 is 0. The van der Waals surface area contributed by atoms with E-state index in [1.165, 1.54) is 24.8 Å². The van der Waals surface area contributed by atoms with E-state index >= 15 is 0 Å². The second kappa shape index (κ2) is 7.99. The van der Waals surface area contributed by atoms with Gasteiger partial charge in [0.15, 0.2) is 0 Å². The second-order valence-electron chi connectivity index (χ2n) is 8.94. The number of pyridine rings is 1. The lowest BCUT2D eigenvalue weighted by Crippen LogP contribution is -2.45. The first-order valence-electron chi connectivity index (χ1n) is 11.2. The zero-order chi connectivity index (χ0) is 21.4. The van der Waals surface area contributed by atoms with Crippen molar-refractivity contribution in [1.29, 1.82) is 0 Å². The number of aromatic nitrogens is 1. The fourth-order valence-corrected chi connectivity index (χ4v) is 4.67. The molecule has 1 aromatic heterocycles. The van der Waals surface area contributed by atoms with Crippen LogP contribution in [0.15, 0.2) is 59.7 Å². The molecule has 0 bridgehead atoms. The van der Waals surface area contributed by atoms with Gasteiger partial charge >= 0.3 is 0 Å². The van der Waals surface area contributed by atoms with Gasteiger partial charge in [0.2, 0.25) is 0 Å². The van der Waals surface area contributed by atoms with E-state index in [2.05, 4.69) is 54.4 Å². The number of hydrogen-bond acceptors (Lipinski definition) is 2. The van der Waals surface area contributed by atoms with E-state index < -0.39 is 11.6 Å².